The van der Waals surface area contributed by atoms with Crippen molar-refractivity contribution < 1.29 is 9.59 Å². The van der Waals surface area contributed by atoms with Gasteiger partial charge in [-0.15, -0.1) is 11.3 Å². The second-order valence-corrected chi connectivity index (χ2v) is 6.16. The first-order valence-electron chi connectivity index (χ1n) is 6.52. The Balaban J connectivity index is 2.20. The molecule has 104 valence electrons. The number of nitrogens with zero attached hydrogens (tertiary/aromatic N) is 2. The summed E-state index contributed by atoms with van der Waals surface area (Å²) >= 11 is 1.56. The van der Waals surface area contributed by atoms with E-state index < -0.39 is 5.54 Å². The Labute approximate surface area is 117 Å². The summed E-state index contributed by atoms with van der Waals surface area (Å²) in [6.07, 6.45) is 3.01. The van der Waals surface area contributed by atoms with Crippen LogP contribution < -0.4 is 5.32 Å². The molecular weight excluding hydrogens is 262 g/mol. The van der Waals surface area contributed by atoms with Crippen LogP contribution in [0.15, 0.2) is 6.20 Å². The third kappa shape index (κ3) is 2.63. The molecule has 0 bridgehead atoms. The molecule has 1 aliphatic heterocycles. The summed E-state index contributed by atoms with van der Waals surface area (Å²) in [5.41, 5.74) is -0.727. The molecule has 0 saturated carbocycles. The number of amides is 2. The number of piperazine rings is 1. The number of hydrogen-bond donors (Lipinski definition) is 1. The Hall–Kier alpha value is -1.43. The van der Waals surface area contributed by atoms with Gasteiger partial charge in [0.2, 0.25) is 11.8 Å². The van der Waals surface area contributed by atoms with Crippen LogP contribution in [0.4, 0.5) is 0 Å². The summed E-state index contributed by atoms with van der Waals surface area (Å²) in [5, 5.41) is 3.83. The summed E-state index contributed by atoms with van der Waals surface area (Å²) in [5.74, 6) is -0.0623. The highest BCUT2D eigenvalue weighted by molar-refractivity contribution is 7.11. The lowest BCUT2D eigenvalue weighted by molar-refractivity contribution is -0.150. The van der Waals surface area contributed by atoms with Crippen molar-refractivity contribution in [3.8, 4) is 0 Å². The first-order valence-corrected chi connectivity index (χ1v) is 7.34. The van der Waals surface area contributed by atoms with E-state index in [1.807, 2.05) is 20.8 Å². The molecule has 6 heteroatoms. The fourth-order valence-corrected chi connectivity index (χ4v) is 3.24. The number of carbonyl (C=O) groups excluding carboxylic acids is 2. The van der Waals surface area contributed by atoms with Gasteiger partial charge in [0.15, 0.2) is 0 Å². The normalized spacial score (nSPS) is 18.6. The van der Waals surface area contributed by atoms with Gasteiger partial charge in [-0.1, -0.05) is 13.8 Å². The minimum absolute atomic E-state index is 0.0168. The van der Waals surface area contributed by atoms with Crippen molar-refractivity contribution in [2.24, 2.45) is 0 Å². The molecule has 1 aliphatic rings. The van der Waals surface area contributed by atoms with E-state index in [9.17, 15) is 9.59 Å². The smallest absolute Gasteiger partial charge is 0.249 e. The molecular formula is C13H19N3O2S. The highest BCUT2D eigenvalue weighted by atomic mass is 32.1. The summed E-state index contributed by atoms with van der Waals surface area (Å²) in [6, 6.07) is 0. The average molecular weight is 281 g/mol. The molecule has 0 radical (unpaired) electrons. The molecule has 1 aromatic rings. The highest BCUT2D eigenvalue weighted by Crippen LogP contribution is 2.24. The van der Waals surface area contributed by atoms with E-state index in [4.69, 9.17) is 0 Å². The van der Waals surface area contributed by atoms with E-state index >= 15 is 0 Å². The zero-order valence-corrected chi connectivity index (χ0v) is 12.3. The average Bonchev–Trinajstić information content (AvgIpc) is 2.79. The summed E-state index contributed by atoms with van der Waals surface area (Å²) in [6.45, 7) is 6.41. The quantitative estimate of drug-likeness (QED) is 0.909. The maximum atomic E-state index is 12.6. The lowest BCUT2D eigenvalue weighted by Gasteiger charge is -2.41. The standard InChI is InChI=1S/C13H19N3O2S/c1-4-13(5-2)12(18)16(8-11(17)15-13)7-10-6-14-9(3)19-10/h6H,4-5,7-8H2,1-3H3,(H,15,17). The molecule has 0 unspecified atom stereocenters. The molecule has 1 N–H and O–H groups in total. The predicted octanol–water partition coefficient (Wildman–Crippen LogP) is 1.47. The molecule has 0 atom stereocenters. The van der Waals surface area contributed by atoms with Crippen LogP contribution in [-0.2, 0) is 16.1 Å². The maximum Gasteiger partial charge on any atom is 0.249 e. The Morgan fingerprint density at radius 3 is 2.63 bits per heavy atom. The van der Waals surface area contributed by atoms with Crippen LogP contribution in [0.1, 0.15) is 36.6 Å². The van der Waals surface area contributed by atoms with Crippen LogP contribution in [-0.4, -0.2) is 33.8 Å². The van der Waals surface area contributed by atoms with E-state index in [1.165, 1.54) is 0 Å². The van der Waals surface area contributed by atoms with Crippen molar-refractivity contribution in [2.75, 3.05) is 6.54 Å². The number of aromatic nitrogens is 1. The Bertz CT molecular complexity index is 494. The minimum atomic E-state index is -0.727. The topological polar surface area (TPSA) is 62.3 Å². The fourth-order valence-electron chi connectivity index (χ4n) is 2.43. The first kappa shape index (κ1) is 14.0. The number of rotatable bonds is 4. The second kappa shape index (κ2) is 5.28. The first-order chi connectivity index (χ1) is 9.00. The van der Waals surface area contributed by atoms with Crippen molar-refractivity contribution in [3.05, 3.63) is 16.1 Å². The SMILES string of the molecule is CCC1(CC)NC(=O)CN(Cc2cnc(C)s2)C1=O. The van der Waals surface area contributed by atoms with Crippen LogP contribution in [0.3, 0.4) is 0 Å². The summed E-state index contributed by atoms with van der Waals surface area (Å²) in [7, 11) is 0. The number of hydrogen-bond acceptors (Lipinski definition) is 4. The van der Waals surface area contributed by atoms with Crippen LogP contribution in [0, 0.1) is 6.92 Å². The molecule has 0 spiro atoms. The monoisotopic (exact) mass is 281 g/mol. The third-order valence-electron chi connectivity index (χ3n) is 3.63. The van der Waals surface area contributed by atoms with Crippen molar-refractivity contribution in [1.29, 1.82) is 0 Å². The summed E-state index contributed by atoms with van der Waals surface area (Å²) < 4.78 is 0. The molecule has 5 nitrogen and oxygen atoms in total. The Kier molecular flexibility index (Phi) is 3.89. The number of nitrogens with one attached hydrogen (secondary N) is 1. The van der Waals surface area contributed by atoms with E-state index in [1.54, 1.807) is 22.4 Å². The second-order valence-electron chi connectivity index (χ2n) is 4.84. The van der Waals surface area contributed by atoms with Gasteiger partial charge >= 0.3 is 0 Å². The number of aryl methyl sites for hydroxylation is 1. The molecule has 0 aromatic carbocycles. The number of thiazole rings is 1. The van der Waals surface area contributed by atoms with Gasteiger partial charge in [-0.25, -0.2) is 4.98 Å². The van der Waals surface area contributed by atoms with E-state index in [-0.39, 0.29) is 18.4 Å². The van der Waals surface area contributed by atoms with Gasteiger partial charge in [-0.05, 0) is 19.8 Å². The molecule has 1 aromatic heterocycles. The lowest BCUT2D eigenvalue weighted by atomic mass is 9.89. The third-order valence-corrected chi connectivity index (χ3v) is 4.53. The molecule has 1 saturated heterocycles. The van der Waals surface area contributed by atoms with Gasteiger partial charge in [-0.3, -0.25) is 9.59 Å². The predicted molar refractivity (Wildman–Crippen MR) is 73.7 cm³/mol. The molecule has 2 rings (SSSR count). The van der Waals surface area contributed by atoms with Crippen LogP contribution in [0.5, 0.6) is 0 Å². The van der Waals surface area contributed by atoms with Gasteiger partial charge in [0.25, 0.3) is 0 Å². The molecule has 1 fully saturated rings. The zero-order valence-electron chi connectivity index (χ0n) is 11.5. The van der Waals surface area contributed by atoms with Gasteiger partial charge in [0.1, 0.15) is 12.1 Å². The van der Waals surface area contributed by atoms with Crippen molar-refractivity contribution in [2.45, 2.75) is 45.7 Å². The van der Waals surface area contributed by atoms with Crippen molar-refractivity contribution >= 4 is 23.2 Å². The van der Waals surface area contributed by atoms with Crippen molar-refractivity contribution in [1.82, 2.24) is 15.2 Å². The van der Waals surface area contributed by atoms with Gasteiger partial charge < -0.3 is 10.2 Å². The van der Waals surface area contributed by atoms with E-state index in [0.29, 0.717) is 19.4 Å². The number of carbonyl (C=O) groups is 2. The molecule has 0 aliphatic carbocycles. The van der Waals surface area contributed by atoms with Crippen LogP contribution >= 0.6 is 11.3 Å². The highest BCUT2D eigenvalue weighted by Gasteiger charge is 2.43. The maximum absolute atomic E-state index is 12.6. The van der Waals surface area contributed by atoms with Crippen molar-refractivity contribution in [3.63, 3.8) is 0 Å². The van der Waals surface area contributed by atoms with E-state index in [0.717, 1.165) is 9.88 Å². The molecule has 19 heavy (non-hydrogen) atoms. The molecule has 2 heterocycles. The fraction of sp³-hybridized carbons (Fsp3) is 0.615. The zero-order chi connectivity index (χ0) is 14.0. The minimum Gasteiger partial charge on any atom is -0.340 e. The summed E-state index contributed by atoms with van der Waals surface area (Å²) in [4.78, 5) is 31.2. The lowest BCUT2D eigenvalue weighted by Crippen LogP contribution is -2.65. The molecule has 2 amide bonds. The van der Waals surface area contributed by atoms with Gasteiger partial charge in [0, 0.05) is 11.1 Å². The van der Waals surface area contributed by atoms with Gasteiger partial charge in [-0.2, -0.15) is 0 Å². The van der Waals surface area contributed by atoms with Crippen LogP contribution in [0.25, 0.3) is 0 Å². The van der Waals surface area contributed by atoms with E-state index in [2.05, 4.69) is 10.3 Å². The largest absolute Gasteiger partial charge is 0.340 e. The Morgan fingerprint density at radius 2 is 2.11 bits per heavy atom. The van der Waals surface area contributed by atoms with Crippen LogP contribution in [0.2, 0.25) is 0 Å². The van der Waals surface area contributed by atoms with Gasteiger partial charge in [0.05, 0.1) is 11.6 Å². The Morgan fingerprint density at radius 1 is 1.42 bits per heavy atom.